The molecule has 0 bridgehead atoms. The van der Waals surface area contributed by atoms with E-state index < -0.39 is 11.8 Å². The molecule has 2 atom stereocenters. The Morgan fingerprint density at radius 2 is 1.72 bits per heavy atom. The van der Waals surface area contributed by atoms with Crippen molar-refractivity contribution in [3.63, 3.8) is 0 Å². The zero-order chi connectivity index (χ0) is 20.7. The minimum Gasteiger partial charge on any atom is -0.465 e. The van der Waals surface area contributed by atoms with Gasteiger partial charge >= 0.3 is 5.97 Å². The zero-order valence-corrected chi connectivity index (χ0v) is 17.2. The molecule has 29 heavy (non-hydrogen) atoms. The highest BCUT2D eigenvalue weighted by atomic mass is 16.5. The summed E-state index contributed by atoms with van der Waals surface area (Å²) in [7, 11) is 0. The van der Waals surface area contributed by atoms with E-state index >= 15 is 0 Å². The molecule has 4 rings (SSSR count). The fourth-order valence-corrected chi connectivity index (χ4v) is 4.33. The monoisotopic (exact) mass is 387 g/mol. The normalized spacial score (nSPS) is 20.4. The molecule has 2 aliphatic rings. The number of ketones is 1. The number of ether oxygens (including phenoxy) is 1. The van der Waals surface area contributed by atoms with Crippen molar-refractivity contribution in [2.75, 3.05) is 6.61 Å². The average Bonchev–Trinajstić information content (AvgIpc) is 2.99. The van der Waals surface area contributed by atoms with Gasteiger partial charge in [0, 0.05) is 28.3 Å². The number of aliphatic imine (C=N–C) groups is 1. The Kier molecular flexibility index (Phi) is 4.95. The van der Waals surface area contributed by atoms with Gasteiger partial charge in [-0.15, -0.1) is 0 Å². The van der Waals surface area contributed by atoms with Gasteiger partial charge in [-0.05, 0) is 30.9 Å². The second kappa shape index (κ2) is 7.43. The van der Waals surface area contributed by atoms with Crippen LogP contribution in [0.1, 0.15) is 66.6 Å². The highest BCUT2D eigenvalue weighted by Gasteiger charge is 2.45. The molecule has 0 saturated heterocycles. The molecule has 148 valence electrons. The van der Waals surface area contributed by atoms with Gasteiger partial charge < -0.3 is 4.74 Å². The van der Waals surface area contributed by atoms with E-state index in [1.165, 1.54) is 5.56 Å². The number of allylic oxidation sites excluding steroid dienone is 1. The minimum atomic E-state index is -0.600. The highest BCUT2D eigenvalue weighted by molar-refractivity contribution is 6.24. The van der Waals surface area contributed by atoms with E-state index in [4.69, 9.17) is 9.73 Å². The van der Waals surface area contributed by atoms with Crippen LogP contribution in [-0.4, -0.2) is 24.1 Å². The Labute approximate surface area is 171 Å². The number of Topliss-reactive ketones (excluding diaryl/α,β-unsaturated/α-hetero) is 1. The first-order valence-electron chi connectivity index (χ1n) is 10.1. The van der Waals surface area contributed by atoms with Gasteiger partial charge in [0.15, 0.2) is 5.78 Å². The largest absolute Gasteiger partial charge is 0.465 e. The maximum Gasteiger partial charge on any atom is 0.315 e. The van der Waals surface area contributed by atoms with Crippen molar-refractivity contribution >= 4 is 23.2 Å². The Balaban J connectivity index is 1.89. The van der Waals surface area contributed by atoms with Gasteiger partial charge in [-0.2, -0.15) is 0 Å². The van der Waals surface area contributed by atoms with Gasteiger partial charge in [-0.1, -0.05) is 62.4 Å². The van der Waals surface area contributed by atoms with Crippen LogP contribution < -0.4 is 0 Å². The molecule has 1 aliphatic heterocycles. The summed E-state index contributed by atoms with van der Waals surface area (Å²) in [5.74, 6) is -0.965. The Bertz CT molecular complexity index is 1040. The number of nitrogens with zero attached hydrogens (tertiary/aromatic N) is 1. The van der Waals surface area contributed by atoms with Crippen LogP contribution in [0.4, 0.5) is 0 Å². The summed E-state index contributed by atoms with van der Waals surface area (Å²) in [6, 6.07) is 15.8. The molecule has 0 spiro atoms. The topological polar surface area (TPSA) is 55.7 Å². The number of benzene rings is 2. The van der Waals surface area contributed by atoms with Crippen LogP contribution in [0.25, 0.3) is 5.70 Å². The number of rotatable bonds is 4. The van der Waals surface area contributed by atoms with Gasteiger partial charge in [-0.3, -0.25) is 14.6 Å². The van der Waals surface area contributed by atoms with Crippen molar-refractivity contribution in [3.05, 3.63) is 76.4 Å². The third-order valence-corrected chi connectivity index (χ3v) is 5.81. The summed E-state index contributed by atoms with van der Waals surface area (Å²) in [5, 5.41) is 0. The van der Waals surface area contributed by atoms with E-state index in [0.29, 0.717) is 35.1 Å². The predicted octanol–water partition coefficient (Wildman–Crippen LogP) is 5.16. The van der Waals surface area contributed by atoms with Gasteiger partial charge in [0.1, 0.15) is 5.92 Å². The average molecular weight is 387 g/mol. The molecule has 1 heterocycles. The first kappa shape index (κ1) is 19.3. The number of hydrogen-bond donors (Lipinski definition) is 0. The van der Waals surface area contributed by atoms with Gasteiger partial charge in [-0.25, -0.2) is 0 Å². The van der Waals surface area contributed by atoms with Crippen molar-refractivity contribution in [1.82, 2.24) is 0 Å². The lowest BCUT2D eigenvalue weighted by molar-refractivity contribution is -0.145. The molecule has 0 amide bonds. The quantitative estimate of drug-likeness (QED) is 0.681. The van der Waals surface area contributed by atoms with Crippen LogP contribution in [0, 0.1) is 5.92 Å². The molecule has 4 heteroatoms. The maximum atomic E-state index is 13.3. The lowest BCUT2D eigenvalue weighted by Gasteiger charge is -2.30. The van der Waals surface area contributed by atoms with E-state index in [0.717, 1.165) is 11.1 Å². The standard InChI is InChI=1S/C25H25NO3/c1-5-29-25(28)20-15(4)26-23-18-8-6-7-9-19(18)24(27)22(23)21(20)17-12-10-16(11-13-17)14(2)3/h6-14,20-21H,5H2,1-4H3/t20?,21-/m1/s1. The van der Waals surface area contributed by atoms with Gasteiger partial charge in [0.25, 0.3) is 0 Å². The zero-order valence-electron chi connectivity index (χ0n) is 17.2. The van der Waals surface area contributed by atoms with Crippen molar-refractivity contribution in [2.45, 2.75) is 39.5 Å². The lowest BCUT2D eigenvalue weighted by Crippen LogP contribution is -2.35. The Hall–Kier alpha value is -3.01. The third kappa shape index (κ3) is 3.13. The van der Waals surface area contributed by atoms with Crippen LogP contribution in [0.15, 0.2) is 59.1 Å². The fraction of sp³-hybridized carbons (Fsp3) is 0.320. The van der Waals surface area contributed by atoms with Crippen LogP contribution in [0.2, 0.25) is 0 Å². The summed E-state index contributed by atoms with van der Waals surface area (Å²) in [6.45, 7) is 8.23. The molecular formula is C25H25NO3. The number of carbonyl (C=O) groups excluding carboxylic acids is 2. The first-order chi connectivity index (χ1) is 13.9. The van der Waals surface area contributed by atoms with Crippen molar-refractivity contribution in [1.29, 1.82) is 0 Å². The molecule has 1 aliphatic carbocycles. The molecule has 0 aromatic heterocycles. The second-order valence-corrected chi connectivity index (χ2v) is 7.92. The summed E-state index contributed by atoms with van der Waals surface area (Å²) in [4.78, 5) is 31.0. The molecule has 0 fully saturated rings. The Morgan fingerprint density at radius 3 is 2.34 bits per heavy atom. The van der Waals surface area contributed by atoms with Crippen LogP contribution in [0.3, 0.4) is 0 Å². The molecule has 0 N–H and O–H groups in total. The molecule has 2 aromatic carbocycles. The summed E-state index contributed by atoms with van der Waals surface area (Å²) >= 11 is 0. The van der Waals surface area contributed by atoms with Gasteiger partial charge in [0.2, 0.25) is 0 Å². The molecule has 1 unspecified atom stereocenters. The molecular weight excluding hydrogens is 362 g/mol. The summed E-state index contributed by atoms with van der Waals surface area (Å²) in [5.41, 5.74) is 5.65. The Morgan fingerprint density at radius 1 is 1.07 bits per heavy atom. The van der Waals surface area contributed by atoms with E-state index in [1.807, 2.05) is 43.3 Å². The highest BCUT2D eigenvalue weighted by Crippen LogP contribution is 2.48. The fourth-order valence-electron chi connectivity index (χ4n) is 4.33. The van der Waals surface area contributed by atoms with Crippen LogP contribution in [-0.2, 0) is 9.53 Å². The smallest absolute Gasteiger partial charge is 0.315 e. The van der Waals surface area contributed by atoms with E-state index in [9.17, 15) is 9.59 Å². The van der Waals surface area contributed by atoms with E-state index in [-0.39, 0.29) is 11.8 Å². The van der Waals surface area contributed by atoms with Crippen molar-refractivity contribution in [2.24, 2.45) is 10.9 Å². The first-order valence-corrected chi connectivity index (χ1v) is 10.1. The lowest BCUT2D eigenvalue weighted by atomic mass is 9.75. The minimum absolute atomic E-state index is 0.0425. The van der Waals surface area contributed by atoms with Crippen molar-refractivity contribution < 1.29 is 14.3 Å². The molecule has 4 nitrogen and oxygen atoms in total. The van der Waals surface area contributed by atoms with Crippen LogP contribution in [0.5, 0.6) is 0 Å². The van der Waals surface area contributed by atoms with E-state index in [1.54, 1.807) is 6.92 Å². The summed E-state index contributed by atoms with van der Waals surface area (Å²) in [6.07, 6.45) is 0. The third-order valence-electron chi connectivity index (χ3n) is 5.81. The molecule has 0 radical (unpaired) electrons. The second-order valence-electron chi connectivity index (χ2n) is 7.92. The van der Waals surface area contributed by atoms with E-state index in [2.05, 4.69) is 26.0 Å². The van der Waals surface area contributed by atoms with Crippen LogP contribution >= 0.6 is 0 Å². The number of carbonyl (C=O) groups is 2. The predicted molar refractivity (Wildman–Crippen MR) is 114 cm³/mol. The summed E-state index contributed by atoms with van der Waals surface area (Å²) < 4.78 is 5.37. The van der Waals surface area contributed by atoms with Gasteiger partial charge in [0.05, 0.1) is 12.3 Å². The molecule has 0 saturated carbocycles. The number of fused-ring (bicyclic) bond motifs is 2. The molecule has 2 aromatic rings. The SMILES string of the molecule is CCOC(=O)C1C(C)=NC2=C(C(=O)c3ccccc32)[C@@H]1c1ccc(C(C)C)cc1. The number of hydrogen-bond acceptors (Lipinski definition) is 4. The van der Waals surface area contributed by atoms with Crippen molar-refractivity contribution in [3.8, 4) is 0 Å². The number of esters is 1. The maximum absolute atomic E-state index is 13.3.